The molecule has 0 spiro atoms. The third-order valence-electron chi connectivity index (χ3n) is 7.31. The molecular weight excluding hydrogens is 486 g/mol. The van der Waals surface area contributed by atoms with Gasteiger partial charge in [0.1, 0.15) is 18.3 Å². The molecule has 9 nitrogen and oxygen atoms in total. The molecule has 1 saturated heterocycles. The molecule has 3 aromatic carbocycles. The Morgan fingerprint density at radius 2 is 1.63 bits per heavy atom. The highest BCUT2D eigenvalue weighted by Crippen LogP contribution is 2.44. The summed E-state index contributed by atoms with van der Waals surface area (Å²) in [5, 5.41) is 23.9. The lowest BCUT2D eigenvalue weighted by Crippen LogP contribution is -2.43. The molecule has 0 aromatic heterocycles. The first-order valence-electron chi connectivity index (χ1n) is 12.8. The summed E-state index contributed by atoms with van der Waals surface area (Å²) in [6.45, 7) is 1.56. The number of amides is 1. The average molecular weight is 516 g/mol. The van der Waals surface area contributed by atoms with Crippen molar-refractivity contribution < 1.29 is 24.4 Å². The van der Waals surface area contributed by atoms with Gasteiger partial charge in [-0.15, -0.1) is 0 Å². The van der Waals surface area contributed by atoms with Gasteiger partial charge in [0.2, 0.25) is 0 Å². The van der Waals surface area contributed by atoms with Crippen LogP contribution in [0.2, 0.25) is 0 Å². The van der Waals surface area contributed by atoms with Crippen LogP contribution in [-0.2, 0) is 16.0 Å². The predicted octanol–water partition coefficient (Wildman–Crippen LogP) is 5.12. The summed E-state index contributed by atoms with van der Waals surface area (Å²) < 4.78 is 5.49. The van der Waals surface area contributed by atoms with Gasteiger partial charge in [0.25, 0.3) is 5.69 Å². The maximum absolute atomic E-state index is 12.7. The number of fused-ring (bicyclic) bond motifs is 3. The zero-order valence-electron chi connectivity index (χ0n) is 20.8. The number of nitrogens with one attached hydrogen (secondary N) is 1. The quantitative estimate of drug-likeness (QED) is 0.315. The summed E-state index contributed by atoms with van der Waals surface area (Å²) in [5.41, 5.74) is 5.22. The van der Waals surface area contributed by atoms with Crippen molar-refractivity contribution in [1.29, 1.82) is 0 Å². The maximum Gasteiger partial charge on any atom is 0.407 e. The molecule has 1 heterocycles. The van der Waals surface area contributed by atoms with Crippen molar-refractivity contribution in [3.8, 4) is 11.1 Å². The number of piperidine rings is 1. The number of carbonyl (C=O) groups is 2. The van der Waals surface area contributed by atoms with E-state index in [0.29, 0.717) is 11.3 Å². The van der Waals surface area contributed by atoms with Crippen LogP contribution in [0.1, 0.15) is 41.9 Å². The van der Waals surface area contributed by atoms with E-state index in [1.54, 1.807) is 12.1 Å². The lowest BCUT2D eigenvalue weighted by Gasteiger charge is -2.28. The number of carboxylic acid groups (broad SMARTS) is 1. The van der Waals surface area contributed by atoms with Crippen molar-refractivity contribution in [2.24, 2.45) is 0 Å². The monoisotopic (exact) mass is 515 g/mol. The molecule has 2 N–H and O–H groups in total. The lowest BCUT2D eigenvalue weighted by molar-refractivity contribution is -0.384. The Morgan fingerprint density at radius 1 is 1.00 bits per heavy atom. The van der Waals surface area contributed by atoms with E-state index in [1.165, 1.54) is 6.07 Å². The van der Waals surface area contributed by atoms with Crippen LogP contribution < -0.4 is 10.2 Å². The fourth-order valence-electron chi connectivity index (χ4n) is 5.46. The van der Waals surface area contributed by atoms with Crippen molar-refractivity contribution >= 4 is 23.4 Å². The number of nitro groups is 1. The van der Waals surface area contributed by atoms with Crippen LogP contribution in [0.5, 0.6) is 0 Å². The van der Waals surface area contributed by atoms with Gasteiger partial charge in [0, 0.05) is 31.5 Å². The standard InChI is InChI=1S/C29H29N3O6/c33-28(34)25(16-19-12-13-26(27(17-19)32(36)37)31-14-6-1-7-15-31)30-29(35)38-18-24-22-10-4-2-8-20(22)21-9-3-5-11-23(21)24/h2-5,8-13,17,24-25H,1,6-7,14-16,18H2,(H,30,35)(H,33,34). The number of aliphatic carboxylic acids is 1. The zero-order valence-corrected chi connectivity index (χ0v) is 20.8. The van der Waals surface area contributed by atoms with Gasteiger partial charge in [0.05, 0.1) is 4.92 Å². The molecule has 2 aliphatic rings. The Labute approximate surface area is 220 Å². The summed E-state index contributed by atoms with van der Waals surface area (Å²) in [7, 11) is 0. The van der Waals surface area contributed by atoms with Crippen molar-refractivity contribution in [3.63, 3.8) is 0 Å². The number of hydrogen-bond acceptors (Lipinski definition) is 6. The highest BCUT2D eigenvalue weighted by Gasteiger charge is 2.30. The first-order chi connectivity index (χ1) is 18.4. The first kappa shape index (κ1) is 25.3. The third kappa shape index (κ3) is 5.18. The van der Waals surface area contributed by atoms with Crippen LogP contribution in [0.4, 0.5) is 16.2 Å². The molecule has 196 valence electrons. The van der Waals surface area contributed by atoms with Gasteiger partial charge in [-0.2, -0.15) is 0 Å². The lowest BCUT2D eigenvalue weighted by atomic mass is 9.98. The Bertz CT molecular complexity index is 1320. The molecule has 1 aliphatic carbocycles. The van der Waals surface area contributed by atoms with Crippen molar-refractivity contribution in [3.05, 3.63) is 93.5 Å². The van der Waals surface area contributed by atoms with E-state index < -0.39 is 23.0 Å². The Morgan fingerprint density at radius 3 is 2.24 bits per heavy atom. The normalized spacial score (nSPS) is 15.3. The number of benzene rings is 3. The van der Waals surface area contributed by atoms with Crippen LogP contribution in [0.3, 0.4) is 0 Å². The maximum atomic E-state index is 12.7. The Hall–Kier alpha value is -4.40. The number of nitro benzene ring substituents is 1. The first-order valence-corrected chi connectivity index (χ1v) is 12.8. The minimum Gasteiger partial charge on any atom is -0.480 e. The fraction of sp³-hybridized carbons (Fsp3) is 0.310. The van der Waals surface area contributed by atoms with E-state index in [-0.39, 0.29) is 24.6 Å². The second-order valence-electron chi connectivity index (χ2n) is 9.69. The second-order valence-corrected chi connectivity index (χ2v) is 9.69. The number of alkyl carbamates (subject to hydrolysis) is 1. The van der Waals surface area contributed by atoms with E-state index in [4.69, 9.17) is 4.74 Å². The van der Waals surface area contributed by atoms with Crippen LogP contribution in [0, 0.1) is 10.1 Å². The van der Waals surface area contributed by atoms with E-state index >= 15 is 0 Å². The fourth-order valence-corrected chi connectivity index (χ4v) is 5.46. The van der Waals surface area contributed by atoms with Crippen LogP contribution in [0.25, 0.3) is 11.1 Å². The van der Waals surface area contributed by atoms with E-state index in [9.17, 15) is 24.8 Å². The minimum absolute atomic E-state index is 0.0577. The molecule has 1 fully saturated rings. The van der Waals surface area contributed by atoms with Crippen molar-refractivity contribution in [2.75, 3.05) is 24.6 Å². The minimum atomic E-state index is -1.30. The van der Waals surface area contributed by atoms with Gasteiger partial charge in [0.15, 0.2) is 0 Å². The highest BCUT2D eigenvalue weighted by molar-refractivity contribution is 5.81. The van der Waals surface area contributed by atoms with Gasteiger partial charge >= 0.3 is 12.1 Å². The molecule has 38 heavy (non-hydrogen) atoms. The van der Waals surface area contributed by atoms with Crippen LogP contribution >= 0.6 is 0 Å². The van der Waals surface area contributed by atoms with E-state index in [1.807, 2.05) is 53.4 Å². The molecular formula is C29H29N3O6. The number of carboxylic acids is 1. The topological polar surface area (TPSA) is 122 Å². The third-order valence-corrected chi connectivity index (χ3v) is 7.31. The molecule has 1 amide bonds. The number of anilines is 1. The zero-order chi connectivity index (χ0) is 26.6. The van der Waals surface area contributed by atoms with E-state index in [0.717, 1.165) is 54.6 Å². The van der Waals surface area contributed by atoms with Crippen molar-refractivity contribution in [2.45, 2.75) is 37.6 Å². The molecule has 1 aliphatic heterocycles. The number of ether oxygens (including phenoxy) is 1. The summed E-state index contributed by atoms with van der Waals surface area (Å²) >= 11 is 0. The second kappa shape index (κ2) is 10.9. The summed E-state index contributed by atoms with van der Waals surface area (Å²) in [5.74, 6) is -1.40. The number of carbonyl (C=O) groups excluding carboxylic acids is 1. The Kier molecular flexibility index (Phi) is 7.26. The van der Waals surface area contributed by atoms with Gasteiger partial charge in [-0.05, 0) is 53.1 Å². The molecule has 3 aromatic rings. The summed E-state index contributed by atoms with van der Waals surface area (Å²) in [6.07, 6.45) is 2.09. The van der Waals surface area contributed by atoms with Crippen LogP contribution in [0.15, 0.2) is 66.7 Å². The molecule has 0 saturated carbocycles. The molecule has 0 bridgehead atoms. The number of rotatable bonds is 8. The highest BCUT2D eigenvalue weighted by atomic mass is 16.6. The van der Waals surface area contributed by atoms with Gasteiger partial charge in [-0.3, -0.25) is 10.1 Å². The molecule has 0 radical (unpaired) electrons. The SMILES string of the molecule is O=C(NC(Cc1ccc(N2CCCCC2)c([N+](=O)[O-])c1)C(=O)O)OCC1c2ccccc2-c2ccccc21. The molecule has 1 unspecified atom stereocenters. The smallest absolute Gasteiger partial charge is 0.407 e. The van der Waals surface area contributed by atoms with Gasteiger partial charge in [-0.25, -0.2) is 9.59 Å². The average Bonchev–Trinajstić information content (AvgIpc) is 3.25. The van der Waals surface area contributed by atoms with Crippen molar-refractivity contribution in [1.82, 2.24) is 5.32 Å². The van der Waals surface area contributed by atoms with Gasteiger partial charge < -0.3 is 20.1 Å². The molecule has 1 atom stereocenters. The van der Waals surface area contributed by atoms with Crippen LogP contribution in [-0.4, -0.2) is 47.8 Å². The van der Waals surface area contributed by atoms with E-state index in [2.05, 4.69) is 5.32 Å². The summed E-state index contributed by atoms with van der Waals surface area (Å²) in [6, 6.07) is 19.3. The predicted molar refractivity (Wildman–Crippen MR) is 142 cm³/mol. The number of hydrogen-bond donors (Lipinski definition) is 2. The molecule has 9 heteroatoms. The Balaban J connectivity index is 1.26. The number of nitrogens with zero attached hydrogens (tertiary/aromatic N) is 2. The largest absolute Gasteiger partial charge is 0.480 e. The van der Waals surface area contributed by atoms with Gasteiger partial charge in [-0.1, -0.05) is 54.6 Å². The molecule has 5 rings (SSSR count). The summed E-state index contributed by atoms with van der Waals surface area (Å²) in [4.78, 5) is 37.9.